The fourth-order valence-electron chi connectivity index (χ4n) is 2.68. The lowest BCUT2D eigenvalue weighted by molar-refractivity contribution is 0.626. The molecule has 0 spiro atoms. The van der Waals surface area contributed by atoms with Crippen molar-refractivity contribution in [1.82, 2.24) is 0 Å². The molecule has 0 aliphatic heterocycles. The van der Waals surface area contributed by atoms with Crippen LogP contribution in [0.5, 0.6) is 0 Å². The number of fused-ring (bicyclic) bond motifs is 1. The average Bonchev–Trinajstić information content (AvgIpc) is 2.76. The Kier molecular flexibility index (Phi) is 2.78. The van der Waals surface area contributed by atoms with E-state index in [1.165, 1.54) is 17.2 Å². The van der Waals surface area contributed by atoms with Crippen molar-refractivity contribution < 1.29 is 4.39 Å². The second-order valence-electron chi connectivity index (χ2n) is 4.89. The fourth-order valence-corrected chi connectivity index (χ4v) is 2.68. The van der Waals surface area contributed by atoms with Gasteiger partial charge in [0, 0.05) is 5.69 Å². The predicted molar refractivity (Wildman–Crippen MR) is 72.3 cm³/mol. The molecule has 0 saturated heterocycles. The van der Waals surface area contributed by atoms with Gasteiger partial charge in [0.25, 0.3) is 0 Å². The van der Waals surface area contributed by atoms with Crippen LogP contribution in [0.1, 0.15) is 29.2 Å². The minimum Gasteiger partial charge on any atom is -0.378 e. The molecule has 18 heavy (non-hydrogen) atoms. The Hall–Kier alpha value is -1.83. The lowest BCUT2D eigenvalue weighted by Gasteiger charge is -2.17. The Morgan fingerprint density at radius 2 is 2.00 bits per heavy atom. The molecule has 0 fully saturated rings. The van der Waals surface area contributed by atoms with Crippen molar-refractivity contribution in [2.24, 2.45) is 0 Å². The minimum absolute atomic E-state index is 0.176. The summed E-state index contributed by atoms with van der Waals surface area (Å²) in [7, 11) is 0. The van der Waals surface area contributed by atoms with Crippen LogP contribution in [0.4, 0.5) is 10.1 Å². The molecule has 2 heteroatoms. The van der Waals surface area contributed by atoms with Gasteiger partial charge in [-0.3, -0.25) is 0 Å². The van der Waals surface area contributed by atoms with Gasteiger partial charge in [-0.15, -0.1) is 0 Å². The molecule has 1 aliphatic rings. The molecular weight excluding hydrogens is 225 g/mol. The van der Waals surface area contributed by atoms with Crippen LogP contribution in [-0.2, 0) is 6.42 Å². The van der Waals surface area contributed by atoms with E-state index < -0.39 is 0 Å². The van der Waals surface area contributed by atoms with Crippen molar-refractivity contribution in [3.05, 3.63) is 65.0 Å². The molecule has 0 saturated carbocycles. The summed E-state index contributed by atoms with van der Waals surface area (Å²) in [4.78, 5) is 0. The second-order valence-corrected chi connectivity index (χ2v) is 4.89. The molecule has 0 bridgehead atoms. The highest BCUT2D eigenvalue weighted by atomic mass is 19.1. The quantitative estimate of drug-likeness (QED) is 0.829. The van der Waals surface area contributed by atoms with Crippen LogP contribution in [0.2, 0.25) is 0 Å². The summed E-state index contributed by atoms with van der Waals surface area (Å²) in [6.07, 6.45) is 2.23. The topological polar surface area (TPSA) is 12.0 Å². The molecule has 1 unspecified atom stereocenters. The molecule has 0 amide bonds. The highest BCUT2D eigenvalue weighted by Crippen LogP contribution is 2.34. The zero-order valence-corrected chi connectivity index (χ0v) is 10.4. The van der Waals surface area contributed by atoms with Crippen LogP contribution in [0.3, 0.4) is 0 Å². The molecule has 1 atom stereocenters. The number of hydrogen-bond acceptors (Lipinski definition) is 1. The van der Waals surface area contributed by atoms with E-state index in [1.807, 2.05) is 13.0 Å². The zero-order chi connectivity index (χ0) is 12.5. The monoisotopic (exact) mass is 241 g/mol. The van der Waals surface area contributed by atoms with Crippen molar-refractivity contribution in [3.63, 3.8) is 0 Å². The van der Waals surface area contributed by atoms with Crippen LogP contribution >= 0.6 is 0 Å². The number of rotatable bonds is 2. The van der Waals surface area contributed by atoms with E-state index in [1.54, 1.807) is 6.07 Å². The zero-order valence-electron chi connectivity index (χ0n) is 10.4. The van der Waals surface area contributed by atoms with E-state index >= 15 is 0 Å². The maximum absolute atomic E-state index is 13.1. The summed E-state index contributed by atoms with van der Waals surface area (Å²) in [5.74, 6) is -0.176. The van der Waals surface area contributed by atoms with Gasteiger partial charge in [0.05, 0.1) is 6.04 Å². The normalized spacial score (nSPS) is 17.6. The molecule has 1 aliphatic carbocycles. The average molecular weight is 241 g/mol. The van der Waals surface area contributed by atoms with Gasteiger partial charge >= 0.3 is 0 Å². The van der Waals surface area contributed by atoms with Crippen molar-refractivity contribution in [1.29, 1.82) is 0 Å². The predicted octanol–water partition coefficient (Wildman–Crippen LogP) is 4.23. The highest BCUT2D eigenvalue weighted by molar-refractivity contribution is 5.53. The smallest absolute Gasteiger partial charge is 0.123 e. The third kappa shape index (κ3) is 1.99. The summed E-state index contributed by atoms with van der Waals surface area (Å²) in [5, 5.41) is 3.53. The Morgan fingerprint density at radius 1 is 1.17 bits per heavy atom. The number of benzene rings is 2. The minimum atomic E-state index is -0.176. The van der Waals surface area contributed by atoms with Crippen molar-refractivity contribution in [2.45, 2.75) is 25.8 Å². The number of aryl methyl sites for hydroxylation is 2. The van der Waals surface area contributed by atoms with Crippen molar-refractivity contribution in [3.8, 4) is 0 Å². The van der Waals surface area contributed by atoms with E-state index in [4.69, 9.17) is 0 Å². The Bertz CT molecular complexity index is 577. The lowest BCUT2D eigenvalue weighted by Crippen LogP contribution is -2.08. The highest BCUT2D eigenvalue weighted by Gasteiger charge is 2.21. The maximum atomic E-state index is 13.1. The molecular formula is C16H16FN. The van der Waals surface area contributed by atoms with E-state index in [2.05, 4.69) is 29.6 Å². The van der Waals surface area contributed by atoms with E-state index in [9.17, 15) is 4.39 Å². The van der Waals surface area contributed by atoms with Gasteiger partial charge in [0.1, 0.15) is 5.82 Å². The summed E-state index contributed by atoms with van der Waals surface area (Å²) in [5.41, 5.74) is 4.79. The van der Waals surface area contributed by atoms with E-state index in [0.29, 0.717) is 6.04 Å². The Morgan fingerprint density at radius 3 is 2.83 bits per heavy atom. The van der Waals surface area contributed by atoms with Crippen LogP contribution < -0.4 is 5.32 Å². The van der Waals surface area contributed by atoms with Crippen molar-refractivity contribution >= 4 is 5.69 Å². The van der Waals surface area contributed by atoms with Crippen molar-refractivity contribution in [2.75, 3.05) is 5.32 Å². The molecule has 2 aromatic rings. The van der Waals surface area contributed by atoms with Gasteiger partial charge in [-0.2, -0.15) is 0 Å². The Labute approximate surface area is 107 Å². The van der Waals surface area contributed by atoms with Gasteiger partial charge in [0.15, 0.2) is 0 Å². The standard InChI is InChI=1S/C16H16FN/c1-11-10-13(17)7-9-15(11)18-16-8-6-12-4-2-3-5-14(12)16/h2-5,7,9-10,16,18H,6,8H2,1H3. The van der Waals surface area contributed by atoms with Gasteiger partial charge in [-0.1, -0.05) is 24.3 Å². The first-order valence-electron chi connectivity index (χ1n) is 6.34. The lowest BCUT2D eigenvalue weighted by atomic mass is 10.1. The first-order chi connectivity index (χ1) is 8.74. The molecule has 0 radical (unpaired) electrons. The molecule has 0 aromatic heterocycles. The summed E-state index contributed by atoms with van der Waals surface area (Å²) in [6.45, 7) is 1.94. The van der Waals surface area contributed by atoms with Gasteiger partial charge in [-0.25, -0.2) is 4.39 Å². The number of anilines is 1. The largest absolute Gasteiger partial charge is 0.378 e. The Balaban J connectivity index is 1.86. The molecule has 1 nitrogen and oxygen atoms in total. The molecule has 0 heterocycles. The second kappa shape index (κ2) is 4.45. The molecule has 92 valence electrons. The maximum Gasteiger partial charge on any atom is 0.123 e. The fraction of sp³-hybridized carbons (Fsp3) is 0.250. The SMILES string of the molecule is Cc1cc(F)ccc1NC1CCc2ccccc21. The van der Waals surface area contributed by atoms with Crippen LogP contribution in [-0.4, -0.2) is 0 Å². The summed E-state index contributed by atoms with van der Waals surface area (Å²) >= 11 is 0. The molecule has 2 aromatic carbocycles. The van der Waals surface area contributed by atoms with Gasteiger partial charge < -0.3 is 5.32 Å². The van der Waals surface area contributed by atoms with E-state index in [-0.39, 0.29) is 5.82 Å². The van der Waals surface area contributed by atoms with Crippen LogP contribution in [0.15, 0.2) is 42.5 Å². The molecule has 1 N–H and O–H groups in total. The third-order valence-corrected chi connectivity index (χ3v) is 3.65. The van der Waals surface area contributed by atoms with Gasteiger partial charge in [0.2, 0.25) is 0 Å². The van der Waals surface area contributed by atoms with Gasteiger partial charge in [-0.05, 0) is 54.7 Å². The number of nitrogens with one attached hydrogen (secondary N) is 1. The third-order valence-electron chi connectivity index (χ3n) is 3.65. The first kappa shape index (κ1) is 11.3. The van der Waals surface area contributed by atoms with Crippen LogP contribution in [0, 0.1) is 12.7 Å². The molecule has 3 rings (SSSR count). The van der Waals surface area contributed by atoms with Crippen LogP contribution in [0.25, 0.3) is 0 Å². The van der Waals surface area contributed by atoms with E-state index in [0.717, 1.165) is 24.1 Å². The summed E-state index contributed by atoms with van der Waals surface area (Å²) in [6, 6.07) is 13.8. The number of halogens is 1. The summed E-state index contributed by atoms with van der Waals surface area (Å²) < 4.78 is 13.1. The number of hydrogen-bond donors (Lipinski definition) is 1. The first-order valence-corrected chi connectivity index (χ1v) is 6.34.